The maximum absolute atomic E-state index is 8.06. The molecule has 1 aliphatic rings. The van der Waals surface area contributed by atoms with Crippen molar-refractivity contribution in [3.05, 3.63) is 0 Å². The Morgan fingerprint density at radius 1 is 0.600 bits per heavy atom. The molecule has 0 heterocycles. The summed E-state index contributed by atoms with van der Waals surface area (Å²) < 4.78 is 8.06. The van der Waals surface area contributed by atoms with Crippen molar-refractivity contribution in [2.24, 2.45) is 0 Å². The zero-order chi connectivity index (χ0) is 6.24. The molecule has 0 saturated heterocycles. The van der Waals surface area contributed by atoms with E-state index in [2.05, 4.69) is 0 Å². The lowest BCUT2D eigenvalue weighted by Crippen LogP contribution is -1.85. The van der Waals surface area contributed by atoms with Gasteiger partial charge in [-0.15, -0.1) is 24.8 Å². The molecule has 1 nitrogen and oxygen atoms in total. The highest BCUT2D eigenvalue weighted by atomic mass is 35.5. The number of halogens is 2. The molecule has 0 spiro atoms. The molecule has 0 aromatic rings. The van der Waals surface area contributed by atoms with Crippen molar-refractivity contribution in [2.75, 3.05) is 0 Å². The molecular formula is C6H15Cl2OP. The SMILES string of the molecule is C1CCCCC1.Cl.Cl.O=P. The fourth-order valence-corrected chi connectivity index (χ4v) is 1.06. The van der Waals surface area contributed by atoms with Crippen LogP contribution in [0.2, 0.25) is 0 Å². The van der Waals surface area contributed by atoms with Crippen LogP contribution in [-0.4, -0.2) is 0 Å². The summed E-state index contributed by atoms with van der Waals surface area (Å²) in [7, 11) is 1.72. The van der Waals surface area contributed by atoms with Crippen molar-refractivity contribution in [3.63, 3.8) is 0 Å². The predicted octanol–water partition coefficient (Wildman–Crippen LogP) is 3.66. The van der Waals surface area contributed by atoms with Crippen LogP contribution in [0.25, 0.3) is 0 Å². The van der Waals surface area contributed by atoms with Gasteiger partial charge in [0, 0.05) is 0 Å². The molecule has 1 fully saturated rings. The Kier molecular flexibility index (Phi) is 27.7. The van der Waals surface area contributed by atoms with Gasteiger partial charge in [-0.1, -0.05) is 38.5 Å². The Morgan fingerprint density at radius 2 is 0.700 bits per heavy atom. The van der Waals surface area contributed by atoms with Crippen molar-refractivity contribution in [1.82, 2.24) is 0 Å². The highest BCUT2D eigenvalue weighted by Gasteiger charge is 1.95. The second-order valence-electron chi connectivity index (χ2n) is 2.12. The Hall–Kier alpha value is 0.680. The number of rotatable bonds is 0. The van der Waals surface area contributed by atoms with Gasteiger partial charge in [-0.2, -0.15) is 0 Å². The first-order valence-electron chi connectivity index (χ1n) is 3.20. The van der Waals surface area contributed by atoms with Crippen LogP contribution in [-0.2, 0) is 4.57 Å². The maximum Gasteiger partial charge on any atom is 0.138 e. The van der Waals surface area contributed by atoms with Crippen molar-refractivity contribution in [3.8, 4) is 0 Å². The topological polar surface area (TPSA) is 17.1 Å². The van der Waals surface area contributed by atoms with Crippen LogP contribution in [0.5, 0.6) is 0 Å². The van der Waals surface area contributed by atoms with Gasteiger partial charge in [-0.3, -0.25) is 4.57 Å². The summed E-state index contributed by atoms with van der Waals surface area (Å²) in [5, 5.41) is 0. The molecule has 0 bridgehead atoms. The van der Waals surface area contributed by atoms with Crippen LogP contribution >= 0.6 is 33.9 Å². The highest BCUT2D eigenvalue weighted by Crippen LogP contribution is 2.15. The Labute approximate surface area is 77.4 Å². The molecule has 64 valence electrons. The number of hydrogen-bond donors (Lipinski definition) is 0. The van der Waals surface area contributed by atoms with E-state index in [1.807, 2.05) is 0 Å². The summed E-state index contributed by atoms with van der Waals surface area (Å²) in [6.07, 6.45) is 9.00. The third kappa shape index (κ3) is 11.5. The van der Waals surface area contributed by atoms with Gasteiger partial charge in [0.2, 0.25) is 0 Å². The van der Waals surface area contributed by atoms with E-state index < -0.39 is 0 Å². The monoisotopic (exact) mass is 204 g/mol. The summed E-state index contributed by atoms with van der Waals surface area (Å²) in [5.74, 6) is 0. The van der Waals surface area contributed by atoms with Crippen LogP contribution < -0.4 is 0 Å². The van der Waals surface area contributed by atoms with Crippen LogP contribution in [0.3, 0.4) is 0 Å². The Morgan fingerprint density at radius 3 is 0.800 bits per heavy atom. The number of hydrogen-bond acceptors (Lipinski definition) is 1. The molecule has 1 aliphatic carbocycles. The molecule has 1 saturated carbocycles. The molecule has 0 unspecified atom stereocenters. The van der Waals surface area contributed by atoms with Crippen molar-refractivity contribution >= 4 is 33.9 Å². The van der Waals surface area contributed by atoms with Gasteiger partial charge in [0.25, 0.3) is 0 Å². The maximum atomic E-state index is 8.06. The minimum Gasteiger partial charge on any atom is -0.279 e. The molecule has 4 heteroatoms. The summed E-state index contributed by atoms with van der Waals surface area (Å²) in [6.45, 7) is 0. The minimum absolute atomic E-state index is 0. The van der Waals surface area contributed by atoms with E-state index in [0.29, 0.717) is 0 Å². The zero-order valence-electron chi connectivity index (χ0n) is 5.97. The quantitative estimate of drug-likeness (QED) is 0.551. The lowest BCUT2D eigenvalue weighted by atomic mass is 10.0. The molecule has 0 aromatic heterocycles. The van der Waals surface area contributed by atoms with Crippen LogP contribution in [0.15, 0.2) is 0 Å². The fourth-order valence-electron chi connectivity index (χ4n) is 1.06. The second kappa shape index (κ2) is 16.3. The van der Waals surface area contributed by atoms with Crippen molar-refractivity contribution in [1.29, 1.82) is 0 Å². The van der Waals surface area contributed by atoms with E-state index in [4.69, 9.17) is 4.57 Å². The standard InChI is InChI=1S/C6H12.2ClH.HOP/c1-2-4-6-5-3-1;;;1-2/h1-6H2;2*1H;2H. The van der Waals surface area contributed by atoms with E-state index in [-0.39, 0.29) is 24.8 Å². The average molecular weight is 205 g/mol. The largest absolute Gasteiger partial charge is 0.279 e. The molecule has 0 amide bonds. The first-order valence-corrected chi connectivity index (χ1v) is 3.61. The summed E-state index contributed by atoms with van der Waals surface area (Å²) in [5.41, 5.74) is 0. The third-order valence-corrected chi connectivity index (χ3v) is 1.50. The second-order valence-corrected chi connectivity index (χ2v) is 2.12. The van der Waals surface area contributed by atoms with Crippen molar-refractivity contribution < 1.29 is 4.57 Å². The molecule has 0 N–H and O–H groups in total. The van der Waals surface area contributed by atoms with Crippen LogP contribution in [0, 0.1) is 0 Å². The van der Waals surface area contributed by atoms with Crippen molar-refractivity contribution in [2.45, 2.75) is 38.5 Å². The Balaban J connectivity index is -0.000000114. The van der Waals surface area contributed by atoms with Gasteiger partial charge in [-0.25, -0.2) is 0 Å². The first-order chi connectivity index (χ1) is 4.00. The van der Waals surface area contributed by atoms with Gasteiger partial charge >= 0.3 is 0 Å². The molecule has 0 radical (unpaired) electrons. The summed E-state index contributed by atoms with van der Waals surface area (Å²) in [4.78, 5) is 0. The third-order valence-electron chi connectivity index (χ3n) is 1.50. The highest BCUT2D eigenvalue weighted by molar-refractivity contribution is 7.00. The van der Waals surface area contributed by atoms with E-state index >= 15 is 0 Å². The lowest BCUT2D eigenvalue weighted by molar-refractivity contribution is 0.504. The van der Waals surface area contributed by atoms with E-state index in [0.717, 1.165) is 0 Å². The van der Waals surface area contributed by atoms with Gasteiger partial charge < -0.3 is 0 Å². The smallest absolute Gasteiger partial charge is 0.138 e. The normalized spacial score (nSPS) is 14.8. The molecular weight excluding hydrogens is 190 g/mol. The summed E-state index contributed by atoms with van der Waals surface area (Å²) in [6, 6.07) is 0. The Bertz CT molecular complexity index is 39.5. The van der Waals surface area contributed by atoms with Gasteiger partial charge in [0.15, 0.2) is 0 Å². The lowest BCUT2D eigenvalue weighted by Gasteiger charge is -2.05. The molecule has 1 rings (SSSR count). The first kappa shape index (κ1) is 17.0. The fraction of sp³-hybridized carbons (Fsp3) is 1.00. The van der Waals surface area contributed by atoms with E-state index in [1.165, 1.54) is 38.5 Å². The molecule has 0 aliphatic heterocycles. The summed E-state index contributed by atoms with van der Waals surface area (Å²) >= 11 is 0. The van der Waals surface area contributed by atoms with Gasteiger partial charge in [0.05, 0.1) is 0 Å². The predicted molar refractivity (Wildman–Crippen MR) is 51.2 cm³/mol. The van der Waals surface area contributed by atoms with E-state index in [1.54, 1.807) is 9.12 Å². The molecule has 10 heavy (non-hydrogen) atoms. The molecule has 0 atom stereocenters. The van der Waals surface area contributed by atoms with Crippen LogP contribution in [0.1, 0.15) is 38.5 Å². The molecule has 0 aromatic carbocycles. The van der Waals surface area contributed by atoms with Gasteiger partial charge in [0.1, 0.15) is 9.12 Å². The zero-order valence-corrected chi connectivity index (χ0v) is 8.60. The van der Waals surface area contributed by atoms with Gasteiger partial charge in [-0.05, 0) is 0 Å². The van der Waals surface area contributed by atoms with Crippen LogP contribution in [0.4, 0.5) is 0 Å². The minimum atomic E-state index is 0. The van der Waals surface area contributed by atoms with E-state index in [9.17, 15) is 0 Å². The average Bonchev–Trinajstić information content (AvgIpc) is 1.96.